The lowest BCUT2D eigenvalue weighted by Gasteiger charge is -2.21. The predicted octanol–water partition coefficient (Wildman–Crippen LogP) is 3.03. The van der Waals surface area contributed by atoms with Crippen LogP contribution in [0.3, 0.4) is 0 Å². The van der Waals surface area contributed by atoms with Gasteiger partial charge >= 0.3 is 6.09 Å². The van der Waals surface area contributed by atoms with Gasteiger partial charge in [0.05, 0.1) is 0 Å². The summed E-state index contributed by atoms with van der Waals surface area (Å²) in [7, 11) is 0. The molecule has 0 saturated carbocycles. The zero-order valence-corrected chi connectivity index (χ0v) is 13.3. The van der Waals surface area contributed by atoms with Crippen molar-refractivity contribution in [3.8, 4) is 0 Å². The van der Waals surface area contributed by atoms with Gasteiger partial charge in [-0.25, -0.2) is 4.79 Å². The van der Waals surface area contributed by atoms with Crippen LogP contribution < -0.4 is 5.32 Å². The van der Waals surface area contributed by atoms with Crippen LogP contribution in [0.2, 0.25) is 0 Å². The molecule has 1 atom stereocenters. The van der Waals surface area contributed by atoms with Crippen molar-refractivity contribution in [2.24, 2.45) is 5.92 Å². The Morgan fingerprint density at radius 1 is 1.33 bits per heavy atom. The summed E-state index contributed by atoms with van der Waals surface area (Å²) < 4.78 is 5.26. The summed E-state index contributed by atoms with van der Waals surface area (Å²) in [5, 5.41) is 2.88. The van der Waals surface area contributed by atoms with Crippen LogP contribution in [0.5, 0.6) is 0 Å². The second-order valence-electron chi connectivity index (χ2n) is 6.76. The molecule has 1 heterocycles. The first kappa shape index (κ1) is 15.8. The van der Waals surface area contributed by atoms with Gasteiger partial charge in [0.2, 0.25) is 0 Å². The molecule has 0 aromatic heterocycles. The number of nitrogens with zero attached hydrogens (tertiary/aromatic N) is 1. The first-order chi connectivity index (χ1) is 9.92. The van der Waals surface area contributed by atoms with Gasteiger partial charge in [-0.2, -0.15) is 0 Å². The maximum Gasteiger partial charge on any atom is 0.407 e. The summed E-state index contributed by atoms with van der Waals surface area (Å²) in [5.41, 5.74) is 0.914. The molecule has 1 N–H and O–H groups in total. The van der Waals surface area contributed by atoms with Crippen LogP contribution in [-0.2, 0) is 11.3 Å². The average Bonchev–Trinajstić information content (AvgIpc) is 2.83. The van der Waals surface area contributed by atoms with Crippen LogP contribution in [0.1, 0.15) is 32.8 Å². The number of nitrogens with one attached hydrogen (secondary N) is 1. The van der Waals surface area contributed by atoms with E-state index in [1.54, 1.807) is 0 Å². The molecular weight excluding hydrogens is 264 g/mol. The van der Waals surface area contributed by atoms with Gasteiger partial charge in [0.1, 0.15) is 5.60 Å². The summed E-state index contributed by atoms with van der Waals surface area (Å²) in [4.78, 5) is 14.1. The Labute approximate surface area is 127 Å². The van der Waals surface area contributed by atoms with E-state index in [0.29, 0.717) is 12.5 Å². The summed E-state index contributed by atoms with van der Waals surface area (Å²) in [6.07, 6.45) is 0.812. The third-order valence-electron chi connectivity index (χ3n) is 3.55. The van der Waals surface area contributed by atoms with Gasteiger partial charge in [-0.3, -0.25) is 4.90 Å². The van der Waals surface area contributed by atoms with Crippen molar-refractivity contribution in [2.45, 2.75) is 39.3 Å². The van der Waals surface area contributed by atoms with Crippen molar-refractivity contribution >= 4 is 6.09 Å². The molecule has 4 heteroatoms. The molecule has 0 spiro atoms. The number of ether oxygens (including phenoxy) is 1. The standard InChI is InChI=1S/C17H26N2O2/c1-17(2,3)21-16(20)18-11-15-9-10-19(13-15)12-14-7-5-4-6-8-14/h4-8,15H,9-13H2,1-3H3,(H,18,20). The Balaban J connectivity index is 1.69. The quantitative estimate of drug-likeness (QED) is 0.926. The molecule has 1 amide bonds. The van der Waals surface area contributed by atoms with E-state index in [1.165, 1.54) is 5.56 Å². The van der Waals surface area contributed by atoms with Crippen LogP contribution in [0.15, 0.2) is 30.3 Å². The molecule has 1 aromatic carbocycles. The summed E-state index contributed by atoms with van der Waals surface area (Å²) in [5.74, 6) is 0.515. The molecule has 1 unspecified atom stereocenters. The van der Waals surface area contributed by atoms with E-state index in [2.05, 4.69) is 34.5 Å². The van der Waals surface area contributed by atoms with E-state index in [0.717, 1.165) is 26.1 Å². The maximum atomic E-state index is 11.6. The molecule has 4 nitrogen and oxygen atoms in total. The number of amides is 1. The van der Waals surface area contributed by atoms with E-state index >= 15 is 0 Å². The molecule has 1 aromatic rings. The predicted molar refractivity (Wildman–Crippen MR) is 84.1 cm³/mol. The summed E-state index contributed by atoms with van der Waals surface area (Å²) in [6, 6.07) is 10.5. The fraction of sp³-hybridized carbons (Fsp3) is 0.588. The van der Waals surface area contributed by atoms with Gasteiger partial charge in [-0.15, -0.1) is 0 Å². The van der Waals surface area contributed by atoms with Crippen molar-refractivity contribution in [1.29, 1.82) is 0 Å². The van der Waals surface area contributed by atoms with Crippen molar-refractivity contribution < 1.29 is 9.53 Å². The first-order valence-corrected chi connectivity index (χ1v) is 7.65. The first-order valence-electron chi connectivity index (χ1n) is 7.65. The highest BCUT2D eigenvalue weighted by Crippen LogP contribution is 2.18. The lowest BCUT2D eigenvalue weighted by Crippen LogP contribution is -2.35. The van der Waals surface area contributed by atoms with Gasteiger partial charge in [0, 0.05) is 19.6 Å². The Morgan fingerprint density at radius 3 is 2.71 bits per heavy atom. The third kappa shape index (κ3) is 5.76. The fourth-order valence-electron chi connectivity index (χ4n) is 2.61. The molecule has 21 heavy (non-hydrogen) atoms. The molecule has 1 aliphatic heterocycles. The molecule has 0 aliphatic carbocycles. The average molecular weight is 290 g/mol. The maximum absolute atomic E-state index is 11.6. The highest BCUT2D eigenvalue weighted by molar-refractivity contribution is 5.67. The Kier molecular flexibility index (Phi) is 5.23. The van der Waals surface area contributed by atoms with E-state index < -0.39 is 5.60 Å². The minimum absolute atomic E-state index is 0.316. The van der Waals surface area contributed by atoms with Crippen LogP contribution in [-0.4, -0.2) is 36.2 Å². The summed E-state index contributed by atoms with van der Waals surface area (Å²) in [6.45, 7) is 9.45. The number of hydrogen-bond acceptors (Lipinski definition) is 3. The van der Waals surface area contributed by atoms with Crippen molar-refractivity contribution in [3.63, 3.8) is 0 Å². The Morgan fingerprint density at radius 2 is 2.05 bits per heavy atom. The van der Waals surface area contributed by atoms with E-state index in [-0.39, 0.29) is 6.09 Å². The number of rotatable bonds is 4. The smallest absolute Gasteiger partial charge is 0.407 e. The van der Waals surface area contributed by atoms with Crippen LogP contribution >= 0.6 is 0 Å². The normalized spacial score (nSPS) is 19.5. The van der Waals surface area contributed by atoms with Crippen LogP contribution in [0.25, 0.3) is 0 Å². The Hall–Kier alpha value is -1.55. The number of hydrogen-bond donors (Lipinski definition) is 1. The molecule has 0 bridgehead atoms. The number of alkyl carbamates (subject to hydrolysis) is 1. The van der Waals surface area contributed by atoms with Crippen molar-refractivity contribution in [3.05, 3.63) is 35.9 Å². The highest BCUT2D eigenvalue weighted by Gasteiger charge is 2.23. The van der Waals surface area contributed by atoms with E-state index in [4.69, 9.17) is 4.74 Å². The van der Waals surface area contributed by atoms with Gasteiger partial charge in [-0.1, -0.05) is 30.3 Å². The largest absolute Gasteiger partial charge is 0.444 e. The second kappa shape index (κ2) is 6.94. The number of benzene rings is 1. The van der Waals surface area contributed by atoms with E-state index in [1.807, 2.05) is 26.8 Å². The number of carbonyl (C=O) groups excluding carboxylic acids is 1. The van der Waals surface area contributed by atoms with Gasteiger partial charge in [0.15, 0.2) is 0 Å². The van der Waals surface area contributed by atoms with Crippen LogP contribution in [0, 0.1) is 5.92 Å². The van der Waals surface area contributed by atoms with Gasteiger partial charge in [0.25, 0.3) is 0 Å². The molecule has 1 saturated heterocycles. The van der Waals surface area contributed by atoms with Gasteiger partial charge < -0.3 is 10.1 Å². The third-order valence-corrected chi connectivity index (χ3v) is 3.55. The molecule has 0 radical (unpaired) electrons. The van der Waals surface area contributed by atoms with Crippen molar-refractivity contribution in [1.82, 2.24) is 10.2 Å². The summed E-state index contributed by atoms with van der Waals surface area (Å²) >= 11 is 0. The zero-order valence-electron chi connectivity index (χ0n) is 13.3. The van der Waals surface area contributed by atoms with Crippen LogP contribution in [0.4, 0.5) is 4.79 Å². The second-order valence-corrected chi connectivity index (χ2v) is 6.76. The minimum Gasteiger partial charge on any atom is -0.444 e. The minimum atomic E-state index is -0.431. The van der Waals surface area contributed by atoms with E-state index in [9.17, 15) is 4.79 Å². The number of likely N-dealkylation sites (tertiary alicyclic amines) is 1. The lowest BCUT2D eigenvalue weighted by molar-refractivity contribution is 0.0519. The lowest BCUT2D eigenvalue weighted by atomic mass is 10.1. The molecule has 1 fully saturated rings. The molecule has 1 aliphatic rings. The van der Waals surface area contributed by atoms with Gasteiger partial charge in [-0.05, 0) is 45.2 Å². The topological polar surface area (TPSA) is 41.6 Å². The van der Waals surface area contributed by atoms with Crippen molar-refractivity contribution in [2.75, 3.05) is 19.6 Å². The molecule has 116 valence electrons. The highest BCUT2D eigenvalue weighted by atomic mass is 16.6. The molecule has 2 rings (SSSR count). The number of carbonyl (C=O) groups is 1. The fourth-order valence-corrected chi connectivity index (χ4v) is 2.61. The Bertz CT molecular complexity index is 454. The SMILES string of the molecule is CC(C)(C)OC(=O)NCC1CCN(Cc2ccccc2)C1. The monoisotopic (exact) mass is 290 g/mol. The zero-order chi connectivity index (χ0) is 15.3. The molecular formula is C17H26N2O2.